The first-order chi connectivity index (χ1) is 12.9. The Morgan fingerprint density at radius 2 is 1.61 bits per heavy atom. The van der Waals surface area contributed by atoms with Gasteiger partial charge in [0.1, 0.15) is 6.54 Å². The van der Waals surface area contributed by atoms with E-state index >= 15 is 0 Å². The molecule has 2 rings (SSSR count). The molecule has 0 radical (unpaired) electrons. The van der Waals surface area contributed by atoms with Gasteiger partial charge in [-0.05, 0) is 35.2 Å². The van der Waals surface area contributed by atoms with Crippen LogP contribution in [-0.4, -0.2) is 33.0 Å². The molecule has 0 aliphatic carbocycles. The van der Waals surface area contributed by atoms with E-state index in [1.54, 1.807) is 24.3 Å². The Balaban J connectivity index is 2.26. The first-order valence-electron chi connectivity index (χ1n) is 8.66. The number of anilines is 2. The third-order valence-corrected chi connectivity index (χ3v) is 5.32. The maximum absolute atomic E-state index is 12.5. The van der Waals surface area contributed by atoms with Crippen molar-refractivity contribution in [2.75, 3.05) is 22.4 Å². The van der Waals surface area contributed by atoms with Crippen molar-refractivity contribution in [3.63, 3.8) is 0 Å². The number of para-hydroxylation sites is 1. The molecule has 8 heteroatoms. The molecule has 0 saturated carbocycles. The Morgan fingerprint density at radius 1 is 1.04 bits per heavy atom. The van der Waals surface area contributed by atoms with Crippen LogP contribution in [0.15, 0.2) is 48.5 Å². The van der Waals surface area contributed by atoms with Crippen molar-refractivity contribution in [1.29, 1.82) is 0 Å². The molecule has 0 aliphatic heterocycles. The molecule has 2 amide bonds. The van der Waals surface area contributed by atoms with Crippen LogP contribution in [0.2, 0.25) is 0 Å². The second-order valence-corrected chi connectivity index (χ2v) is 9.43. The average Bonchev–Trinajstić information content (AvgIpc) is 2.58. The van der Waals surface area contributed by atoms with Gasteiger partial charge in [-0.2, -0.15) is 0 Å². The summed E-state index contributed by atoms with van der Waals surface area (Å²) in [5, 5.41) is 2.55. The third kappa shape index (κ3) is 5.32. The summed E-state index contributed by atoms with van der Waals surface area (Å²) in [6.45, 7) is 5.74. The first-order valence-corrected chi connectivity index (χ1v) is 10.5. The van der Waals surface area contributed by atoms with Crippen molar-refractivity contribution in [2.24, 2.45) is 5.73 Å². The van der Waals surface area contributed by atoms with E-state index in [-0.39, 0.29) is 16.7 Å². The standard InChI is InChI=1S/C20H25N3O4S/c1-20(2,3)14-9-11-15(12-10-14)23(28(4,26)27)13-18(24)22-17-8-6-5-7-16(17)19(21)25/h5-12H,13H2,1-4H3,(H2,21,25)(H,22,24). The molecule has 2 aromatic rings. The summed E-state index contributed by atoms with van der Waals surface area (Å²) < 4.78 is 25.5. The van der Waals surface area contributed by atoms with Gasteiger partial charge in [0.15, 0.2) is 0 Å². The largest absolute Gasteiger partial charge is 0.366 e. The Kier molecular flexibility index (Phi) is 6.14. The molecule has 7 nitrogen and oxygen atoms in total. The van der Waals surface area contributed by atoms with E-state index in [9.17, 15) is 18.0 Å². The average molecular weight is 404 g/mol. The van der Waals surface area contributed by atoms with E-state index in [1.807, 2.05) is 12.1 Å². The third-order valence-electron chi connectivity index (χ3n) is 4.18. The summed E-state index contributed by atoms with van der Waals surface area (Å²) in [5.41, 5.74) is 7.04. The fourth-order valence-corrected chi connectivity index (χ4v) is 3.51. The lowest BCUT2D eigenvalue weighted by Gasteiger charge is -2.24. The Labute approximate surface area is 165 Å². The maximum Gasteiger partial charge on any atom is 0.250 e. The molecule has 0 heterocycles. The molecule has 28 heavy (non-hydrogen) atoms. The summed E-state index contributed by atoms with van der Waals surface area (Å²) in [6, 6.07) is 13.3. The van der Waals surface area contributed by atoms with Gasteiger partial charge in [-0.15, -0.1) is 0 Å². The highest BCUT2D eigenvalue weighted by atomic mass is 32.2. The number of nitrogens with one attached hydrogen (secondary N) is 1. The topological polar surface area (TPSA) is 110 Å². The highest BCUT2D eigenvalue weighted by molar-refractivity contribution is 7.92. The minimum Gasteiger partial charge on any atom is -0.366 e. The number of nitrogens with two attached hydrogens (primary N) is 1. The summed E-state index contributed by atoms with van der Waals surface area (Å²) >= 11 is 0. The number of benzene rings is 2. The lowest BCUT2D eigenvalue weighted by atomic mass is 9.87. The number of nitrogens with zero attached hydrogens (tertiary/aromatic N) is 1. The molecule has 0 aliphatic rings. The number of hydrogen-bond acceptors (Lipinski definition) is 4. The van der Waals surface area contributed by atoms with Crippen LogP contribution in [-0.2, 0) is 20.2 Å². The molecule has 0 bridgehead atoms. The van der Waals surface area contributed by atoms with Gasteiger partial charge in [-0.3, -0.25) is 13.9 Å². The monoisotopic (exact) mass is 403 g/mol. The van der Waals surface area contributed by atoms with Crippen LogP contribution in [0.5, 0.6) is 0 Å². The number of primary amides is 1. The molecule has 0 atom stereocenters. The number of sulfonamides is 1. The predicted octanol–water partition coefficient (Wildman–Crippen LogP) is 2.49. The zero-order chi connectivity index (χ0) is 21.1. The van der Waals surface area contributed by atoms with Crippen molar-refractivity contribution < 1.29 is 18.0 Å². The Hall–Kier alpha value is -2.87. The van der Waals surface area contributed by atoms with Gasteiger partial charge in [-0.25, -0.2) is 8.42 Å². The Bertz CT molecular complexity index is 977. The van der Waals surface area contributed by atoms with Gasteiger partial charge in [0.25, 0.3) is 5.91 Å². The number of carbonyl (C=O) groups excluding carboxylic acids is 2. The summed E-state index contributed by atoms with van der Waals surface area (Å²) in [6.07, 6.45) is 1.04. The van der Waals surface area contributed by atoms with Gasteiger partial charge < -0.3 is 11.1 Å². The van der Waals surface area contributed by atoms with Gasteiger partial charge in [0, 0.05) is 0 Å². The van der Waals surface area contributed by atoms with Crippen molar-refractivity contribution in [3.8, 4) is 0 Å². The second-order valence-electron chi connectivity index (χ2n) is 7.52. The molecule has 150 valence electrons. The molecule has 0 saturated heterocycles. The van der Waals surface area contributed by atoms with Crippen molar-refractivity contribution in [1.82, 2.24) is 0 Å². The lowest BCUT2D eigenvalue weighted by molar-refractivity contribution is -0.114. The SMILES string of the molecule is CC(C)(C)c1ccc(N(CC(=O)Nc2ccccc2C(N)=O)S(C)(=O)=O)cc1. The summed E-state index contributed by atoms with van der Waals surface area (Å²) in [4.78, 5) is 24.0. The number of hydrogen-bond donors (Lipinski definition) is 2. The molecular weight excluding hydrogens is 378 g/mol. The van der Waals surface area contributed by atoms with Gasteiger partial charge in [0.05, 0.1) is 23.2 Å². The molecule has 3 N–H and O–H groups in total. The van der Waals surface area contributed by atoms with Crippen molar-refractivity contribution >= 4 is 33.2 Å². The fourth-order valence-electron chi connectivity index (χ4n) is 2.65. The maximum atomic E-state index is 12.5. The van der Waals surface area contributed by atoms with Crippen LogP contribution in [0, 0.1) is 0 Å². The van der Waals surface area contributed by atoms with Crippen molar-refractivity contribution in [3.05, 3.63) is 59.7 Å². The number of carbonyl (C=O) groups is 2. The van der Waals surface area contributed by atoms with Crippen molar-refractivity contribution in [2.45, 2.75) is 26.2 Å². The highest BCUT2D eigenvalue weighted by Crippen LogP contribution is 2.26. The minimum absolute atomic E-state index is 0.0791. The molecule has 0 aromatic heterocycles. The molecule has 0 spiro atoms. The van der Waals surface area contributed by atoms with Crippen LogP contribution in [0.4, 0.5) is 11.4 Å². The van der Waals surface area contributed by atoms with E-state index in [0.29, 0.717) is 5.69 Å². The number of amides is 2. The van der Waals surface area contributed by atoms with Crippen LogP contribution >= 0.6 is 0 Å². The quantitative estimate of drug-likeness (QED) is 0.772. The zero-order valence-electron chi connectivity index (χ0n) is 16.4. The summed E-state index contributed by atoms with van der Waals surface area (Å²) in [5.74, 6) is -1.27. The number of rotatable bonds is 6. The summed E-state index contributed by atoms with van der Waals surface area (Å²) in [7, 11) is -3.70. The molecular formula is C20H25N3O4S. The van der Waals surface area contributed by atoms with E-state index in [1.165, 1.54) is 12.1 Å². The lowest BCUT2D eigenvalue weighted by Crippen LogP contribution is -2.37. The van der Waals surface area contributed by atoms with Gasteiger partial charge >= 0.3 is 0 Å². The molecule has 0 unspecified atom stereocenters. The van der Waals surface area contributed by atoms with Gasteiger partial charge in [0.2, 0.25) is 15.9 Å². The van der Waals surface area contributed by atoms with Crippen LogP contribution < -0.4 is 15.4 Å². The van der Waals surface area contributed by atoms with Crippen LogP contribution in [0.3, 0.4) is 0 Å². The fraction of sp³-hybridized carbons (Fsp3) is 0.300. The van der Waals surface area contributed by atoms with Crippen LogP contribution in [0.1, 0.15) is 36.7 Å². The van der Waals surface area contributed by atoms with E-state index in [4.69, 9.17) is 5.73 Å². The van der Waals surface area contributed by atoms with E-state index in [2.05, 4.69) is 26.1 Å². The smallest absolute Gasteiger partial charge is 0.250 e. The predicted molar refractivity (Wildman–Crippen MR) is 111 cm³/mol. The Morgan fingerprint density at radius 3 is 2.11 bits per heavy atom. The molecule has 0 fully saturated rings. The first kappa shape index (κ1) is 21.4. The normalized spacial score (nSPS) is 11.7. The zero-order valence-corrected chi connectivity index (χ0v) is 17.2. The highest BCUT2D eigenvalue weighted by Gasteiger charge is 2.22. The minimum atomic E-state index is -3.70. The van der Waals surface area contributed by atoms with E-state index in [0.717, 1.165) is 16.1 Å². The van der Waals surface area contributed by atoms with Gasteiger partial charge in [-0.1, -0.05) is 45.0 Å². The van der Waals surface area contributed by atoms with Crippen LogP contribution in [0.25, 0.3) is 0 Å². The molecule has 2 aromatic carbocycles. The second kappa shape index (κ2) is 8.02. The van der Waals surface area contributed by atoms with E-state index < -0.39 is 28.4 Å².